The van der Waals surface area contributed by atoms with E-state index in [1.807, 2.05) is 24.3 Å². The number of ether oxygens (including phenoxy) is 2. The number of hydrogen-bond acceptors (Lipinski definition) is 4. The molecule has 0 aromatic heterocycles. The lowest BCUT2D eigenvalue weighted by molar-refractivity contribution is 0.0472. The zero-order chi connectivity index (χ0) is 21.2. The zero-order valence-electron chi connectivity index (χ0n) is 18.5. The fourth-order valence-corrected chi connectivity index (χ4v) is 5.03. The predicted molar refractivity (Wildman–Crippen MR) is 125 cm³/mol. The molecule has 0 heterocycles. The van der Waals surface area contributed by atoms with Crippen LogP contribution in [0, 0.1) is 0 Å². The first-order valence-corrected chi connectivity index (χ1v) is 11.5. The molecular formula is C26H36N2O2. The van der Waals surface area contributed by atoms with Crippen LogP contribution in [0.4, 0.5) is 11.4 Å². The second-order valence-electron chi connectivity index (χ2n) is 9.74. The van der Waals surface area contributed by atoms with Gasteiger partial charge >= 0.3 is 0 Å². The summed E-state index contributed by atoms with van der Waals surface area (Å²) in [6.07, 6.45) is 11.7. The van der Waals surface area contributed by atoms with Gasteiger partial charge in [0.05, 0.1) is 0 Å². The Morgan fingerprint density at radius 2 is 0.967 bits per heavy atom. The van der Waals surface area contributed by atoms with Crippen molar-refractivity contribution >= 4 is 11.4 Å². The van der Waals surface area contributed by atoms with Gasteiger partial charge in [-0.3, -0.25) is 0 Å². The van der Waals surface area contributed by atoms with Gasteiger partial charge in [-0.15, -0.1) is 0 Å². The highest BCUT2D eigenvalue weighted by molar-refractivity contribution is 5.79. The average Bonchev–Trinajstić information content (AvgIpc) is 2.69. The van der Waals surface area contributed by atoms with E-state index in [1.54, 1.807) is 0 Å². The standard InChI is InChI=1S/C26H36N2O2/c1-25(13-5-3-6-14-25)29-23-17-19(27)9-11-21(23)22-12-10-20(28)18-24(22)30-26(2)15-7-4-8-16-26/h9-12,17-18H,3-8,13-16,27-28H2,1-2H3. The Labute approximate surface area is 180 Å². The summed E-state index contributed by atoms with van der Waals surface area (Å²) >= 11 is 0. The van der Waals surface area contributed by atoms with Crippen LogP contribution in [0.3, 0.4) is 0 Å². The maximum Gasteiger partial charge on any atom is 0.130 e. The van der Waals surface area contributed by atoms with Gasteiger partial charge < -0.3 is 20.9 Å². The van der Waals surface area contributed by atoms with Crippen molar-refractivity contribution < 1.29 is 9.47 Å². The van der Waals surface area contributed by atoms with Crippen LogP contribution in [0.15, 0.2) is 36.4 Å². The number of hydrogen-bond donors (Lipinski definition) is 2. The molecule has 2 aromatic carbocycles. The van der Waals surface area contributed by atoms with E-state index >= 15 is 0 Å². The van der Waals surface area contributed by atoms with Crippen molar-refractivity contribution in [2.45, 2.75) is 89.3 Å². The third-order valence-electron chi connectivity index (χ3n) is 6.84. The molecule has 0 amide bonds. The highest BCUT2D eigenvalue weighted by Gasteiger charge is 2.32. The van der Waals surface area contributed by atoms with E-state index in [-0.39, 0.29) is 11.2 Å². The van der Waals surface area contributed by atoms with Gasteiger partial charge in [0, 0.05) is 34.6 Å². The second-order valence-corrected chi connectivity index (χ2v) is 9.74. The number of anilines is 2. The predicted octanol–water partition coefficient (Wildman–Crippen LogP) is 6.72. The summed E-state index contributed by atoms with van der Waals surface area (Å²) in [4.78, 5) is 0. The molecule has 162 valence electrons. The van der Waals surface area contributed by atoms with E-state index in [2.05, 4.69) is 26.0 Å². The highest BCUT2D eigenvalue weighted by Crippen LogP contribution is 2.44. The molecule has 0 unspecified atom stereocenters. The fraction of sp³-hybridized carbons (Fsp3) is 0.538. The lowest BCUT2D eigenvalue weighted by atomic mass is 9.86. The van der Waals surface area contributed by atoms with Crippen LogP contribution in [-0.4, -0.2) is 11.2 Å². The van der Waals surface area contributed by atoms with Gasteiger partial charge in [-0.05, 0) is 89.5 Å². The smallest absolute Gasteiger partial charge is 0.130 e. The molecule has 4 nitrogen and oxygen atoms in total. The molecule has 0 aliphatic heterocycles. The monoisotopic (exact) mass is 408 g/mol. The largest absolute Gasteiger partial charge is 0.487 e. The maximum atomic E-state index is 6.64. The first-order valence-electron chi connectivity index (χ1n) is 11.5. The topological polar surface area (TPSA) is 70.5 Å². The summed E-state index contributed by atoms with van der Waals surface area (Å²) in [5.41, 5.74) is 15.5. The molecule has 2 fully saturated rings. The molecule has 2 aliphatic rings. The first-order chi connectivity index (χ1) is 14.4. The molecule has 2 aromatic rings. The van der Waals surface area contributed by atoms with E-state index < -0.39 is 0 Å². The molecule has 0 bridgehead atoms. The minimum atomic E-state index is -0.148. The highest BCUT2D eigenvalue weighted by atomic mass is 16.5. The van der Waals surface area contributed by atoms with Gasteiger partial charge in [0.25, 0.3) is 0 Å². The summed E-state index contributed by atoms with van der Waals surface area (Å²) in [6.45, 7) is 4.45. The van der Waals surface area contributed by atoms with Crippen LogP contribution in [0.5, 0.6) is 11.5 Å². The molecule has 0 spiro atoms. The SMILES string of the molecule is CC1(Oc2cc(N)ccc2-c2ccc(N)cc2OC2(C)CCCCC2)CCCCC1. The number of nitrogen functional groups attached to an aromatic ring is 2. The Hall–Kier alpha value is -2.36. The number of benzene rings is 2. The van der Waals surface area contributed by atoms with Crippen LogP contribution < -0.4 is 20.9 Å². The van der Waals surface area contributed by atoms with Crippen molar-refractivity contribution in [2.24, 2.45) is 0 Å². The summed E-state index contributed by atoms with van der Waals surface area (Å²) in [7, 11) is 0. The lowest BCUT2D eigenvalue weighted by Crippen LogP contribution is -2.35. The molecule has 0 radical (unpaired) electrons. The Morgan fingerprint density at radius 3 is 1.33 bits per heavy atom. The number of rotatable bonds is 5. The van der Waals surface area contributed by atoms with Crippen LogP contribution in [0.1, 0.15) is 78.1 Å². The van der Waals surface area contributed by atoms with Gasteiger partial charge in [-0.1, -0.05) is 12.8 Å². The lowest BCUT2D eigenvalue weighted by Gasteiger charge is -2.36. The Balaban J connectivity index is 1.71. The summed E-state index contributed by atoms with van der Waals surface area (Å²) in [5, 5.41) is 0. The van der Waals surface area contributed by atoms with E-state index in [9.17, 15) is 0 Å². The Bertz CT molecular complexity index is 807. The fourth-order valence-electron chi connectivity index (χ4n) is 5.03. The Kier molecular flexibility index (Phi) is 5.86. The van der Waals surface area contributed by atoms with Crippen molar-refractivity contribution in [3.63, 3.8) is 0 Å². The van der Waals surface area contributed by atoms with E-state index in [0.717, 1.165) is 48.3 Å². The third kappa shape index (κ3) is 4.69. The third-order valence-corrected chi connectivity index (χ3v) is 6.84. The van der Waals surface area contributed by atoms with Gasteiger partial charge in [-0.25, -0.2) is 0 Å². The quantitative estimate of drug-likeness (QED) is 0.539. The van der Waals surface area contributed by atoms with Crippen molar-refractivity contribution in [2.75, 3.05) is 11.5 Å². The van der Waals surface area contributed by atoms with Crippen molar-refractivity contribution in [3.05, 3.63) is 36.4 Å². The van der Waals surface area contributed by atoms with Crippen LogP contribution in [0.2, 0.25) is 0 Å². The van der Waals surface area contributed by atoms with E-state index in [0.29, 0.717) is 11.4 Å². The molecule has 0 saturated heterocycles. The summed E-state index contributed by atoms with van der Waals surface area (Å²) in [5.74, 6) is 1.67. The Morgan fingerprint density at radius 1 is 0.600 bits per heavy atom. The second kappa shape index (κ2) is 8.41. The van der Waals surface area contributed by atoms with E-state index in [1.165, 1.54) is 38.5 Å². The van der Waals surface area contributed by atoms with Crippen molar-refractivity contribution in [1.82, 2.24) is 0 Å². The van der Waals surface area contributed by atoms with Gasteiger partial charge in [0.15, 0.2) is 0 Å². The van der Waals surface area contributed by atoms with Crippen LogP contribution in [-0.2, 0) is 0 Å². The van der Waals surface area contributed by atoms with Gasteiger partial charge in [-0.2, -0.15) is 0 Å². The molecule has 2 saturated carbocycles. The van der Waals surface area contributed by atoms with Gasteiger partial charge in [0.1, 0.15) is 22.7 Å². The zero-order valence-corrected chi connectivity index (χ0v) is 18.5. The summed E-state index contributed by atoms with van der Waals surface area (Å²) in [6, 6.07) is 11.9. The molecule has 2 aliphatic carbocycles. The normalized spacial score (nSPS) is 20.5. The van der Waals surface area contributed by atoms with Crippen LogP contribution in [0.25, 0.3) is 11.1 Å². The van der Waals surface area contributed by atoms with Gasteiger partial charge in [0.2, 0.25) is 0 Å². The molecule has 4 rings (SSSR count). The molecule has 30 heavy (non-hydrogen) atoms. The molecule has 4 heteroatoms. The molecule has 0 atom stereocenters. The minimum Gasteiger partial charge on any atom is -0.487 e. The van der Waals surface area contributed by atoms with Crippen molar-refractivity contribution in [3.8, 4) is 22.6 Å². The maximum absolute atomic E-state index is 6.64. The number of nitrogens with two attached hydrogens (primary N) is 2. The average molecular weight is 409 g/mol. The van der Waals surface area contributed by atoms with E-state index in [4.69, 9.17) is 20.9 Å². The molecule has 4 N–H and O–H groups in total. The minimum absolute atomic E-state index is 0.148. The first kappa shape index (κ1) is 20.9. The molecular weight excluding hydrogens is 372 g/mol. The summed E-state index contributed by atoms with van der Waals surface area (Å²) < 4.78 is 13.3. The van der Waals surface area contributed by atoms with Crippen LogP contribution >= 0.6 is 0 Å². The van der Waals surface area contributed by atoms with Crippen molar-refractivity contribution in [1.29, 1.82) is 0 Å².